The Bertz CT molecular complexity index is 682. The Morgan fingerprint density at radius 2 is 1.76 bits per heavy atom. The third-order valence-corrected chi connectivity index (χ3v) is 6.18. The van der Waals surface area contributed by atoms with E-state index in [0.29, 0.717) is 12.5 Å². The summed E-state index contributed by atoms with van der Waals surface area (Å²) in [5.74, 6) is 1.24. The number of carbonyl (C=O) groups is 1. The van der Waals surface area contributed by atoms with Crippen molar-refractivity contribution >= 4 is 23.5 Å². The summed E-state index contributed by atoms with van der Waals surface area (Å²) in [5, 5.41) is 4.32. The van der Waals surface area contributed by atoms with Gasteiger partial charge >= 0.3 is 0 Å². The fraction of sp³-hybridized carbons (Fsp3) is 0.636. The number of carbonyl (C=O) groups excluding carboxylic acids is 1. The van der Waals surface area contributed by atoms with Gasteiger partial charge in [0.05, 0.1) is 6.54 Å². The number of benzene rings is 1. The number of piperazine rings is 1. The second kappa shape index (κ2) is 11.4. The first-order valence-corrected chi connectivity index (χ1v) is 11.2. The van der Waals surface area contributed by atoms with Crippen molar-refractivity contribution < 1.29 is 4.79 Å². The molecule has 1 aromatic rings. The number of rotatable bonds is 6. The van der Waals surface area contributed by atoms with Crippen molar-refractivity contribution in [3.8, 4) is 0 Å². The van der Waals surface area contributed by atoms with Gasteiger partial charge in [0.2, 0.25) is 5.91 Å². The number of nitrogens with zero attached hydrogens (tertiary/aromatic N) is 4. The normalized spacial score (nSPS) is 18.8. The maximum Gasteiger partial charge on any atom is 0.236 e. The third-order valence-electron chi connectivity index (χ3n) is 5.82. The van der Waals surface area contributed by atoms with E-state index in [9.17, 15) is 4.79 Å². The molecule has 2 fully saturated rings. The van der Waals surface area contributed by atoms with Gasteiger partial charge in [-0.05, 0) is 43.7 Å². The van der Waals surface area contributed by atoms with Crippen LogP contribution in [0.4, 0.5) is 0 Å². The van der Waals surface area contributed by atoms with E-state index in [1.54, 1.807) is 0 Å². The van der Waals surface area contributed by atoms with Crippen molar-refractivity contribution in [2.45, 2.75) is 32.1 Å². The molecule has 0 bridgehead atoms. The smallest absolute Gasteiger partial charge is 0.236 e. The van der Waals surface area contributed by atoms with Crippen LogP contribution >= 0.6 is 11.6 Å². The van der Waals surface area contributed by atoms with Gasteiger partial charge in [-0.25, -0.2) is 0 Å². The van der Waals surface area contributed by atoms with Crippen LogP contribution < -0.4 is 5.32 Å². The number of likely N-dealkylation sites (tertiary alicyclic amines) is 1. The standard InChI is InChI=1S/C22H34ClN5O/c1-24-22(25-11-7-9-19-8-3-4-10-20(19)23)28-16-14-26(15-17-28)18-21(29)27-12-5-2-6-13-27/h3-4,8,10H,2,5-7,9,11-18H2,1H3,(H,24,25). The van der Waals surface area contributed by atoms with E-state index in [4.69, 9.17) is 11.6 Å². The summed E-state index contributed by atoms with van der Waals surface area (Å²) in [5.41, 5.74) is 1.19. The topological polar surface area (TPSA) is 51.2 Å². The van der Waals surface area contributed by atoms with Crippen LogP contribution in [0.5, 0.6) is 0 Å². The van der Waals surface area contributed by atoms with Gasteiger partial charge in [0.1, 0.15) is 0 Å². The lowest BCUT2D eigenvalue weighted by Crippen LogP contribution is -2.54. The van der Waals surface area contributed by atoms with Crippen LogP contribution in [-0.2, 0) is 11.2 Å². The predicted octanol–water partition coefficient (Wildman–Crippen LogP) is 2.48. The van der Waals surface area contributed by atoms with Crippen molar-refractivity contribution in [3.63, 3.8) is 0 Å². The van der Waals surface area contributed by atoms with Crippen molar-refractivity contribution in [1.29, 1.82) is 0 Å². The highest BCUT2D eigenvalue weighted by Crippen LogP contribution is 2.16. The zero-order valence-corrected chi connectivity index (χ0v) is 18.3. The van der Waals surface area contributed by atoms with Crippen LogP contribution in [0.25, 0.3) is 0 Å². The lowest BCUT2D eigenvalue weighted by molar-refractivity contribution is -0.133. The Morgan fingerprint density at radius 3 is 2.45 bits per heavy atom. The Hall–Kier alpha value is -1.79. The maximum atomic E-state index is 12.5. The summed E-state index contributed by atoms with van der Waals surface area (Å²) in [7, 11) is 1.84. The second-order valence-electron chi connectivity index (χ2n) is 7.87. The number of aliphatic imine (C=N–C) groups is 1. The maximum absolute atomic E-state index is 12.5. The van der Waals surface area contributed by atoms with E-state index in [2.05, 4.69) is 26.2 Å². The van der Waals surface area contributed by atoms with Crippen LogP contribution in [0, 0.1) is 0 Å². The zero-order valence-electron chi connectivity index (χ0n) is 17.6. The molecule has 7 heteroatoms. The van der Waals surface area contributed by atoms with Crippen LogP contribution in [-0.4, -0.2) is 86.0 Å². The van der Waals surface area contributed by atoms with Crippen molar-refractivity contribution in [3.05, 3.63) is 34.9 Å². The van der Waals surface area contributed by atoms with Gasteiger partial charge in [0.15, 0.2) is 5.96 Å². The molecule has 2 aliphatic rings. The zero-order chi connectivity index (χ0) is 20.5. The minimum Gasteiger partial charge on any atom is -0.356 e. The van der Waals surface area contributed by atoms with Crippen molar-refractivity contribution in [2.75, 3.05) is 59.4 Å². The number of hydrogen-bond donors (Lipinski definition) is 1. The molecule has 0 aromatic heterocycles. The number of piperidine rings is 1. The molecule has 3 rings (SSSR count). The molecule has 1 amide bonds. The highest BCUT2D eigenvalue weighted by Gasteiger charge is 2.23. The summed E-state index contributed by atoms with van der Waals surface area (Å²) in [6.07, 6.45) is 5.52. The van der Waals surface area contributed by atoms with Crippen molar-refractivity contribution in [1.82, 2.24) is 20.0 Å². The molecule has 0 aliphatic carbocycles. The summed E-state index contributed by atoms with van der Waals surface area (Å²) >= 11 is 6.23. The number of halogens is 1. The van der Waals surface area contributed by atoms with Crippen molar-refractivity contribution in [2.24, 2.45) is 4.99 Å². The SMILES string of the molecule is CN=C(NCCCc1ccccc1Cl)N1CCN(CC(=O)N2CCCCC2)CC1. The van der Waals surface area contributed by atoms with Crippen LogP contribution in [0.3, 0.4) is 0 Å². The van der Waals surface area contributed by atoms with E-state index in [1.807, 2.05) is 30.1 Å². The van der Waals surface area contributed by atoms with E-state index >= 15 is 0 Å². The summed E-state index contributed by atoms with van der Waals surface area (Å²) in [6.45, 7) is 6.89. The lowest BCUT2D eigenvalue weighted by atomic mass is 10.1. The summed E-state index contributed by atoms with van der Waals surface area (Å²) < 4.78 is 0. The second-order valence-corrected chi connectivity index (χ2v) is 8.28. The van der Waals surface area contributed by atoms with Crippen LogP contribution in [0.1, 0.15) is 31.2 Å². The molecule has 2 saturated heterocycles. The van der Waals surface area contributed by atoms with Gasteiger partial charge in [-0.3, -0.25) is 14.7 Å². The Morgan fingerprint density at radius 1 is 1.03 bits per heavy atom. The summed E-state index contributed by atoms with van der Waals surface area (Å²) in [4.78, 5) is 23.5. The molecular formula is C22H34ClN5O. The van der Waals surface area contributed by atoms with Gasteiger partial charge in [-0.2, -0.15) is 0 Å². The number of hydrogen-bond acceptors (Lipinski definition) is 3. The molecular weight excluding hydrogens is 386 g/mol. The van der Waals surface area contributed by atoms with E-state index in [1.165, 1.54) is 12.0 Å². The third kappa shape index (κ3) is 6.61. The number of nitrogens with one attached hydrogen (secondary N) is 1. The molecule has 1 N–H and O–H groups in total. The Kier molecular flexibility index (Phi) is 8.62. The minimum absolute atomic E-state index is 0.292. The monoisotopic (exact) mass is 419 g/mol. The van der Waals surface area contributed by atoms with E-state index < -0.39 is 0 Å². The average molecular weight is 420 g/mol. The van der Waals surface area contributed by atoms with Gasteiger partial charge in [-0.1, -0.05) is 29.8 Å². The molecule has 2 aliphatic heterocycles. The molecule has 6 nitrogen and oxygen atoms in total. The molecule has 1 aromatic carbocycles. The molecule has 0 spiro atoms. The van der Waals surface area contributed by atoms with Crippen LogP contribution in [0.15, 0.2) is 29.3 Å². The van der Waals surface area contributed by atoms with Gasteiger partial charge in [0.25, 0.3) is 0 Å². The average Bonchev–Trinajstić information content (AvgIpc) is 2.76. The first-order valence-electron chi connectivity index (χ1n) is 10.9. The molecule has 2 heterocycles. The molecule has 0 unspecified atom stereocenters. The highest BCUT2D eigenvalue weighted by atomic mass is 35.5. The Balaban J connectivity index is 1.36. The predicted molar refractivity (Wildman–Crippen MR) is 120 cm³/mol. The minimum atomic E-state index is 0.292. The van der Waals surface area contributed by atoms with E-state index in [0.717, 1.165) is 82.5 Å². The fourth-order valence-corrected chi connectivity index (χ4v) is 4.30. The first kappa shape index (κ1) is 21.9. The molecule has 0 radical (unpaired) electrons. The molecule has 160 valence electrons. The molecule has 0 atom stereocenters. The van der Waals surface area contributed by atoms with Gasteiger partial charge < -0.3 is 15.1 Å². The van der Waals surface area contributed by atoms with Gasteiger partial charge in [-0.15, -0.1) is 0 Å². The quantitative estimate of drug-likeness (QED) is 0.437. The number of aryl methyl sites for hydroxylation is 1. The van der Waals surface area contributed by atoms with Crippen LogP contribution in [0.2, 0.25) is 5.02 Å². The summed E-state index contributed by atoms with van der Waals surface area (Å²) in [6, 6.07) is 8.02. The van der Waals surface area contributed by atoms with E-state index in [-0.39, 0.29) is 0 Å². The number of amides is 1. The largest absolute Gasteiger partial charge is 0.356 e. The first-order chi connectivity index (χ1) is 14.2. The highest BCUT2D eigenvalue weighted by molar-refractivity contribution is 6.31. The lowest BCUT2D eigenvalue weighted by Gasteiger charge is -2.37. The molecule has 0 saturated carbocycles. The molecule has 29 heavy (non-hydrogen) atoms. The fourth-order valence-electron chi connectivity index (χ4n) is 4.06. The van der Waals surface area contributed by atoms with Gasteiger partial charge in [0, 0.05) is 57.9 Å². The Labute approximate surface area is 179 Å². The number of guanidine groups is 1.